The van der Waals surface area contributed by atoms with E-state index in [1.54, 1.807) is 6.92 Å². The van der Waals surface area contributed by atoms with Gasteiger partial charge in [0.1, 0.15) is 11.4 Å². The van der Waals surface area contributed by atoms with E-state index in [0.29, 0.717) is 10.9 Å². The molecule has 1 heterocycles. The smallest absolute Gasteiger partial charge is 0.352 e. The van der Waals surface area contributed by atoms with Crippen LogP contribution < -0.4 is 5.32 Å². The van der Waals surface area contributed by atoms with Crippen molar-refractivity contribution in [2.75, 3.05) is 6.54 Å². The Bertz CT molecular complexity index is 739. The summed E-state index contributed by atoms with van der Waals surface area (Å²) < 4.78 is 0. The van der Waals surface area contributed by atoms with Crippen molar-refractivity contribution in [3.63, 3.8) is 0 Å². The molecule has 0 saturated carbocycles. The van der Waals surface area contributed by atoms with Crippen molar-refractivity contribution in [1.29, 1.82) is 0 Å². The maximum atomic E-state index is 11.0. The second-order valence-electron chi connectivity index (χ2n) is 5.37. The quantitative estimate of drug-likeness (QED) is 0.447. The molecule has 2 rings (SSSR count). The van der Waals surface area contributed by atoms with Gasteiger partial charge in [-0.1, -0.05) is 6.07 Å². The highest BCUT2D eigenvalue weighted by atomic mass is 16.4. The number of phenolic OH excluding ortho intramolecular Hbond substituents is 1. The first-order valence-electron chi connectivity index (χ1n) is 7.00. The normalized spacial score (nSPS) is 13.8. The Morgan fingerprint density at radius 1 is 1.30 bits per heavy atom. The number of nitrogens with one attached hydrogen (secondary N) is 2. The number of aromatic nitrogens is 1. The molecule has 2 unspecified atom stereocenters. The van der Waals surface area contributed by atoms with Crippen LogP contribution in [0.4, 0.5) is 0 Å². The van der Waals surface area contributed by atoms with E-state index < -0.39 is 18.0 Å². The molecule has 0 radical (unpaired) electrons. The summed E-state index contributed by atoms with van der Waals surface area (Å²) in [5.41, 5.74) is 0.580. The average Bonchev–Trinajstić information content (AvgIpc) is 2.90. The average molecular weight is 322 g/mol. The number of benzene rings is 1. The lowest BCUT2D eigenvalue weighted by Crippen LogP contribution is -2.32. The third kappa shape index (κ3) is 3.79. The summed E-state index contributed by atoms with van der Waals surface area (Å²) in [5.74, 6) is -2.23. The van der Waals surface area contributed by atoms with Crippen molar-refractivity contribution in [3.8, 4) is 5.75 Å². The van der Waals surface area contributed by atoms with Crippen LogP contribution >= 0.6 is 0 Å². The van der Waals surface area contributed by atoms with Gasteiger partial charge in [-0.05, 0) is 24.6 Å². The van der Waals surface area contributed by atoms with Gasteiger partial charge < -0.3 is 30.7 Å². The number of aliphatic hydroxyl groups excluding tert-OH is 1. The number of carbonyl (C=O) groups is 2. The van der Waals surface area contributed by atoms with Gasteiger partial charge >= 0.3 is 11.9 Å². The molecule has 0 fully saturated rings. The fourth-order valence-electron chi connectivity index (χ4n) is 2.39. The minimum Gasteiger partial charge on any atom is -0.506 e. The zero-order chi connectivity index (χ0) is 17.1. The molecule has 1 aromatic heterocycles. The van der Waals surface area contributed by atoms with Gasteiger partial charge in [0.05, 0.1) is 18.0 Å². The van der Waals surface area contributed by atoms with Crippen molar-refractivity contribution in [1.82, 2.24) is 10.3 Å². The third-order valence-electron chi connectivity index (χ3n) is 3.54. The van der Waals surface area contributed by atoms with Crippen LogP contribution in [0.1, 0.15) is 35.5 Å². The molecule has 0 bridgehead atoms. The highest BCUT2D eigenvalue weighted by molar-refractivity contribution is 5.97. The predicted molar refractivity (Wildman–Crippen MR) is 81.6 cm³/mol. The van der Waals surface area contributed by atoms with Gasteiger partial charge in [-0.15, -0.1) is 0 Å². The van der Waals surface area contributed by atoms with Gasteiger partial charge in [0.15, 0.2) is 0 Å². The van der Waals surface area contributed by atoms with E-state index in [0.717, 1.165) is 0 Å². The van der Waals surface area contributed by atoms with Crippen LogP contribution in [0.15, 0.2) is 18.2 Å². The van der Waals surface area contributed by atoms with Crippen LogP contribution in [0, 0.1) is 0 Å². The van der Waals surface area contributed by atoms with Crippen LogP contribution in [-0.2, 0) is 4.79 Å². The molecule has 0 aliphatic carbocycles. The number of carboxylic acids is 2. The standard InChI is InChI=1S/C15H18N2O6/c1-7(4-13(20)21)16-6-12(19)8-2-3-11(18)14-9(8)5-10(17-14)15(22)23/h2-3,5,7,12,16-19H,4,6H2,1H3,(H,20,21)(H,22,23). The third-order valence-corrected chi connectivity index (χ3v) is 3.54. The molecule has 8 heteroatoms. The monoisotopic (exact) mass is 322 g/mol. The Morgan fingerprint density at radius 3 is 2.61 bits per heavy atom. The molecule has 23 heavy (non-hydrogen) atoms. The molecule has 124 valence electrons. The molecule has 2 atom stereocenters. The zero-order valence-electron chi connectivity index (χ0n) is 12.4. The van der Waals surface area contributed by atoms with E-state index in [2.05, 4.69) is 10.3 Å². The number of rotatable bonds is 7. The number of hydrogen-bond donors (Lipinski definition) is 6. The first-order chi connectivity index (χ1) is 10.8. The van der Waals surface area contributed by atoms with Crippen LogP contribution in [0.5, 0.6) is 5.75 Å². The number of aromatic carboxylic acids is 1. The largest absolute Gasteiger partial charge is 0.506 e. The number of aromatic amines is 1. The van der Waals surface area contributed by atoms with Crippen LogP contribution in [-0.4, -0.2) is 49.9 Å². The lowest BCUT2D eigenvalue weighted by molar-refractivity contribution is -0.137. The van der Waals surface area contributed by atoms with Crippen molar-refractivity contribution in [2.24, 2.45) is 0 Å². The van der Waals surface area contributed by atoms with Crippen LogP contribution in [0.25, 0.3) is 10.9 Å². The van der Waals surface area contributed by atoms with Gasteiger partial charge in [-0.25, -0.2) is 4.79 Å². The summed E-state index contributed by atoms with van der Waals surface area (Å²) in [6.45, 7) is 1.79. The van der Waals surface area contributed by atoms with Crippen molar-refractivity contribution < 1.29 is 30.0 Å². The lowest BCUT2D eigenvalue weighted by Gasteiger charge is -2.17. The van der Waals surface area contributed by atoms with E-state index in [9.17, 15) is 19.8 Å². The SMILES string of the molecule is CC(CC(=O)O)NCC(O)c1ccc(O)c2[nH]c(C(=O)O)cc12. The highest BCUT2D eigenvalue weighted by Crippen LogP contribution is 2.31. The van der Waals surface area contributed by atoms with Gasteiger partial charge in [0.25, 0.3) is 0 Å². The summed E-state index contributed by atoms with van der Waals surface area (Å²) in [7, 11) is 0. The van der Waals surface area contributed by atoms with E-state index in [-0.39, 0.29) is 36.0 Å². The molecular weight excluding hydrogens is 304 g/mol. The molecule has 8 nitrogen and oxygen atoms in total. The Labute approximate surface area is 131 Å². The molecule has 6 N–H and O–H groups in total. The minimum atomic E-state index is -1.17. The molecule has 0 saturated heterocycles. The summed E-state index contributed by atoms with van der Waals surface area (Å²) >= 11 is 0. The number of aromatic hydroxyl groups is 1. The second kappa shape index (κ2) is 6.67. The summed E-state index contributed by atoms with van der Waals surface area (Å²) in [5, 5.41) is 41.1. The summed E-state index contributed by atoms with van der Waals surface area (Å²) in [6.07, 6.45) is -1.06. The van der Waals surface area contributed by atoms with Crippen molar-refractivity contribution in [3.05, 3.63) is 29.5 Å². The van der Waals surface area contributed by atoms with Crippen LogP contribution in [0.3, 0.4) is 0 Å². The number of phenols is 1. The predicted octanol–water partition coefficient (Wildman–Crippen LogP) is 1.06. The molecule has 0 aliphatic rings. The van der Waals surface area contributed by atoms with E-state index >= 15 is 0 Å². The fourth-order valence-corrected chi connectivity index (χ4v) is 2.39. The molecule has 0 spiro atoms. The van der Waals surface area contributed by atoms with Gasteiger partial charge in [-0.3, -0.25) is 4.79 Å². The Balaban J connectivity index is 2.23. The number of carboxylic acid groups (broad SMARTS) is 2. The Hall–Kier alpha value is -2.58. The van der Waals surface area contributed by atoms with Gasteiger partial charge in [0.2, 0.25) is 0 Å². The number of fused-ring (bicyclic) bond motifs is 1. The lowest BCUT2D eigenvalue weighted by atomic mass is 10.0. The number of aliphatic hydroxyl groups is 1. The molecular formula is C15H18N2O6. The van der Waals surface area contributed by atoms with Gasteiger partial charge in [0, 0.05) is 18.0 Å². The maximum absolute atomic E-state index is 11.0. The molecule has 2 aromatic rings. The summed E-state index contributed by atoms with van der Waals surface area (Å²) in [6, 6.07) is 3.89. The molecule has 1 aromatic carbocycles. The van der Waals surface area contributed by atoms with E-state index in [1.807, 2.05) is 0 Å². The highest BCUT2D eigenvalue weighted by Gasteiger charge is 2.18. The summed E-state index contributed by atoms with van der Waals surface area (Å²) in [4.78, 5) is 24.2. The van der Waals surface area contributed by atoms with E-state index in [1.165, 1.54) is 18.2 Å². The Kier molecular flexibility index (Phi) is 4.87. The molecule has 0 amide bonds. The second-order valence-corrected chi connectivity index (χ2v) is 5.37. The van der Waals surface area contributed by atoms with E-state index in [4.69, 9.17) is 10.2 Å². The van der Waals surface area contributed by atoms with Crippen molar-refractivity contribution in [2.45, 2.75) is 25.5 Å². The first kappa shape index (κ1) is 16.8. The number of hydrogen-bond acceptors (Lipinski definition) is 5. The first-order valence-corrected chi connectivity index (χ1v) is 7.00. The Morgan fingerprint density at radius 2 is 2.00 bits per heavy atom. The van der Waals surface area contributed by atoms with Gasteiger partial charge in [-0.2, -0.15) is 0 Å². The number of aliphatic carboxylic acids is 1. The van der Waals surface area contributed by atoms with Crippen molar-refractivity contribution >= 4 is 22.8 Å². The minimum absolute atomic E-state index is 0.0783. The van der Waals surface area contributed by atoms with Crippen LogP contribution in [0.2, 0.25) is 0 Å². The topological polar surface area (TPSA) is 143 Å². The number of H-pyrrole nitrogens is 1. The molecule has 0 aliphatic heterocycles. The zero-order valence-corrected chi connectivity index (χ0v) is 12.4. The fraction of sp³-hybridized carbons (Fsp3) is 0.333. The maximum Gasteiger partial charge on any atom is 0.352 e.